The highest BCUT2D eigenvalue weighted by molar-refractivity contribution is 6.09. The van der Waals surface area contributed by atoms with Gasteiger partial charge >= 0.3 is 0 Å². The lowest BCUT2D eigenvalue weighted by atomic mass is 9.98. The number of aromatic nitrogens is 5. The highest BCUT2D eigenvalue weighted by Crippen LogP contribution is 2.39. The number of furan rings is 1. The summed E-state index contributed by atoms with van der Waals surface area (Å²) < 4.78 is 6.39. The van der Waals surface area contributed by atoms with Crippen LogP contribution in [0.3, 0.4) is 0 Å². The van der Waals surface area contributed by atoms with Gasteiger partial charge in [0.15, 0.2) is 23.1 Å². The molecule has 0 fully saturated rings. The van der Waals surface area contributed by atoms with Gasteiger partial charge in [0.05, 0.1) is 5.52 Å². The molecule has 0 spiro atoms. The van der Waals surface area contributed by atoms with Gasteiger partial charge in [-0.15, -0.1) is 0 Å². The van der Waals surface area contributed by atoms with Crippen LogP contribution < -0.4 is 0 Å². The van der Waals surface area contributed by atoms with E-state index < -0.39 is 0 Å². The number of para-hydroxylation sites is 2. The summed E-state index contributed by atoms with van der Waals surface area (Å²) in [5.41, 5.74) is 8.63. The van der Waals surface area contributed by atoms with Gasteiger partial charge in [-0.25, -0.2) is 19.9 Å². The Morgan fingerprint density at radius 2 is 1.00 bits per heavy atom. The summed E-state index contributed by atoms with van der Waals surface area (Å²) in [6.07, 6.45) is 1.83. The van der Waals surface area contributed by atoms with Gasteiger partial charge in [-0.1, -0.05) is 121 Å². The van der Waals surface area contributed by atoms with Crippen LogP contribution in [0.2, 0.25) is 0 Å². The molecule has 9 aromatic rings. The molecule has 47 heavy (non-hydrogen) atoms. The molecule has 0 saturated carbocycles. The standard InChI is InChI=1S/C41H25N5O/c1-3-11-27(12-4-1)39-44-40(28-13-5-2-6-14-28)46-41(45-39)29-21-19-26(20-22-29)33-25-30-15-7-9-17-34(30)43-36(33)37-38-32(23-24-42-37)31-16-8-10-18-35(31)47-38/h1-25H. The Hall–Kier alpha value is -6.53. The smallest absolute Gasteiger partial charge is 0.164 e. The number of hydrogen-bond donors (Lipinski definition) is 0. The molecular formula is C41H25N5O. The van der Waals surface area contributed by atoms with Crippen LogP contribution in [0.5, 0.6) is 0 Å². The van der Waals surface area contributed by atoms with E-state index in [0.29, 0.717) is 23.2 Å². The van der Waals surface area contributed by atoms with Crippen LogP contribution in [0.15, 0.2) is 156 Å². The molecule has 0 aliphatic carbocycles. The van der Waals surface area contributed by atoms with Crippen LogP contribution in [-0.2, 0) is 0 Å². The molecule has 5 aromatic carbocycles. The van der Waals surface area contributed by atoms with Crippen molar-refractivity contribution in [2.45, 2.75) is 0 Å². The first-order valence-electron chi connectivity index (χ1n) is 15.4. The summed E-state index contributed by atoms with van der Waals surface area (Å²) >= 11 is 0. The molecule has 0 amide bonds. The van der Waals surface area contributed by atoms with Crippen LogP contribution in [0.4, 0.5) is 0 Å². The Labute approximate surface area is 270 Å². The number of hydrogen-bond acceptors (Lipinski definition) is 6. The average Bonchev–Trinajstić information content (AvgIpc) is 3.54. The summed E-state index contributed by atoms with van der Waals surface area (Å²) in [4.78, 5) is 24.6. The second-order valence-corrected chi connectivity index (χ2v) is 11.3. The van der Waals surface area contributed by atoms with Crippen LogP contribution in [-0.4, -0.2) is 24.9 Å². The van der Waals surface area contributed by atoms with Crippen molar-refractivity contribution in [2.75, 3.05) is 0 Å². The van der Waals surface area contributed by atoms with Crippen molar-refractivity contribution < 1.29 is 4.42 Å². The summed E-state index contributed by atoms with van der Waals surface area (Å²) in [6, 6.07) is 48.7. The van der Waals surface area contributed by atoms with E-state index in [0.717, 1.165) is 66.4 Å². The van der Waals surface area contributed by atoms with Crippen molar-refractivity contribution in [1.82, 2.24) is 24.9 Å². The molecule has 4 heterocycles. The maximum atomic E-state index is 6.39. The Kier molecular flexibility index (Phi) is 6.35. The van der Waals surface area contributed by atoms with Crippen LogP contribution in [0.1, 0.15) is 0 Å². The zero-order valence-electron chi connectivity index (χ0n) is 25.1. The van der Waals surface area contributed by atoms with Crippen molar-refractivity contribution in [3.8, 4) is 56.7 Å². The van der Waals surface area contributed by atoms with Gasteiger partial charge in [-0.05, 0) is 29.8 Å². The van der Waals surface area contributed by atoms with E-state index in [9.17, 15) is 0 Å². The monoisotopic (exact) mass is 603 g/mol. The Balaban J connectivity index is 1.20. The predicted molar refractivity (Wildman–Crippen MR) is 187 cm³/mol. The number of benzene rings is 5. The van der Waals surface area contributed by atoms with E-state index >= 15 is 0 Å². The molecule has 0 saturated heterocycles. The Morgan fingerprint density at radius 1 is 0.426 bits per heavy atom. The molecule has 6 heteroatoms. The fourth-order valence-corrected chi connectivity index (χ4v) is 6.07. The third-order valence-electron chi connectivity index (χ3n) is 8.40. The molecule has 0 atom stereocenters. The van der Waals surface area contributed by atoms with Crippen molar-refractivity contribution in [2.24, 2.45) is 0 Å². The summed E-state index contributed by atoms with van der Waals surface area (Å²) in [6.45, 7) is 0. The quantitative estimate of drug-likeness (QED) is 0.195. The maximum absolute atomic E-state index is 6.39. The van der Waals surface area contributed by atoms with Crippen LogP contribution in [0.25, 0.3) is 89.5 Å². The van der Waals surface area contributed by atoms with Crippen LogP contribution >= 0.6 is 0 Å². The molecular weight excluding hydrogens is 578 g/mol. The molecule has 0 unspecified atom stereocenters. The molecule has 9 rings (SSSR count). The van der Waals surface area contributed by atoms with Crippen molar-refractivity contribution in [1.29, 1.82) is 0 Å². The molecule has 220 valence electrons. The number of nitrogens with zero attached hydrogens (tertiary/aromatic N) is 5. The summed E-state index contributed by atoms with van der Waals surface area (Å²) in [7, 11) is 0. The Morgan fingerprint density at radius 3 is 1.70 bits per heavy atom. The zero-order chi connectivity index (χ0) is 31.2. The molecule has 0 aliphatic rings. The second kappa shape index (κ2) is 11.1. The molecule has 4 aromatic heterocycles. The van der Waals surface area contributed by atoms with E-state index in [1.807, 2.05) is 109 Å². The SMILES string of the molecule is c1ccc(-c2nc(-c3ccccc3)nc(-c3ccc(-c4cc5ccccc5nc4-c4nccc5c4oc4ccccc45)cc3)n2)cc1. The fourth-order valence-electron chi connectivity index (χ4n) is 6.07. The van der Waals surface area contributed by atoms with Gasteiger partial charge in [0.2, 0.25) is 0 Å². The van der Waals surface area contributed by atoms with Gasteiger partial charge in [0.25, 0.3) is 0 Å². The van der Waals surface area contributed by atoms with Crippen molar-refractivity contribution >= 4 is 32.8 Å². The third-order valence-corrected chi connectivity index (χ3v) is 8.40. The van der Waals surface area contributed by atoms with E-state index in [-0.39, 0.29) is 0 Å². The summed E-state index contributed by atoms with van der Waals surface area (Å²) in [5, 5.41) is 3.12. The number of fused-ring (bicyclic) bond motifs is 4. The largest absolute Gasteiger partial charge is 0.454 e. The van der Waals surface area contributed by atoms with Gasteiger partial charge in [0.1, 0.15) is 17.0 Å². The number of rotatable bonds is 5. The topological polar surface area (TPSA) is 77.6 Å². The number of pyridine rings is 2. The summed E-state index contributed by atoms with van der Waals surface area (Å²) in [5.74, 6) is 1.86. The van der Waals surface area contributed by atoms with E-state index in [1.54, 1.807) is 0 Å². The van der Waals surface area contributed by atoms with Crippen LogP contribution in [0, 0.1) is 0 Å². The zero-order valence-corrected chi connectivity index (χ0v) is 25.1. The minimum Gasteiger partial charge on any atom is -0.454 e. The fraction of sp³-hybridized carbons (Fsp3) is 0. The van der Waals surface area contributed by atoms with Gasteiger partial charge in [-0.2, -0.15) is 0 Å². The lowest BCUT2D eigenvalue weighted by Crippen LogP contribution is -2.00. The molecule has 6 nitrogen and oxygen atoms in total. The highest BCUT2D eigenvalue weighted by Gasteiger charge is 2.20. The highest BCUT2D eigenvalue weighted by atomic mass is 16.3. The van der Waals surface area contributed by atoms with Crippen molar-refractivity contribution in [3.63, 3.8) is 0 Å². The first-order valence-corrected chi connectivity index (χ1v) is 15.4. The van der Waals surface area contributed by atoms with E-state index in [1.165, 1.54) is 0 Å². The van der Waals surface area contributed by atoms with Gasteiger partial charge in [0, 0.05) is 44.6 Å². The molecule has 0 radical (unpaired) electrons. The second-order valence-electron chi connectivity index (χ2n) is 11.3. The van der Waals surface area contributed by atoms with E-state index in [4.69, 9.17) is 29.3 Å². The maximum Gasteiger partial charge on any atom is 0.164 e. The lowest BCUT2D eigenvalue weighted by Gasteiger charge is -2.12. The minimum atomic E-state index is 0.606. The normalized spacial score (nSPS) is 11.4. The molecule has 0 N–H and O–H groups in total. The third kappa shape index (κ3) is 4.80. The van der Waals surface area contributed by atoms with Gasteiger partial charge < -0.3 is 4.42 Å². The first kappa shape index (κ1) is 26.8. The Bertz CT molecular complexity index is 2500. The van der Waals surface area contributed by atoms with E-state index in [2.05, 4.69) is 42.5 Å². The average molecular weight is 604 g/mol. The van der Waals surface area contributed by atoms with Crippen molar-refractivity contribution in [3.05, 3.63) is 152 Å². The van der Waals surface area contributed by atoms with Gasteiger partial charge in [-0.3, -0.25) is 4.98 Å². The first-order chi connectivity index (χ1) is 23.3. The predicted octanol–water partition coefficient (Wildman–Crippen LogP) is 10.0. The molecule has 0 bridgehead atoms. The molecule has 0 aliphatic heterocycles. The lowest BCUT2D eigenvalue weighted by molar-refractivity contribution is 0.668. The minimum absolute atomic E-state index is 0.606.